The van der Waals surface area contributed by atoms with Crippen LogP contribution in [-0.4, -0.2) is 79.1 Å². The Balaban J connectivity index is 1.34. The first kappa shape index (κ1) is 20.7. The van der Waals surface area contributed by atoms with Gasteiger partial charge in [-0.2, -0.15) is 0 Å². The minimum absolute atomic E-state index is 0.0804. The van der Waals surface area contributed by atoms with E-state index in [0.717, 1.165) is 58.7 Å². The van der Waals surface area contributed by atoms with Crippen molar-refractivity contribution >= 4 is 11.8 Å². The maximum atomic E-state index is 12.5. The summed E-state index contributed by atoms with van der Waals surface area (Å²) in [6, 6.07) is 3.98. The molecule has 1 aromatic heterocycles. The molecule has 1 atom stereocenters. The van der Waals surface area contributed by atoms with Crippen LogP contribution in [0, 0.1) is 5.92 Å². The Hall–Kier alpha value is -1.99. The number of hydrogen-bond donors (Lipinski definition) is 1. The predicted octanol–water partition coefficient (Wildman–Crippen LogP) is 1.09. The van der Waals surface area contributed by atoms with Gasteiger partial charge in [-0.1, -0.05) is 6.07 Å². The zero-order valence-corrected chi connectivity index (χ0v) is 16.6. The van der Waals surface area contributed by atoms with Crippen molar-refractivity contribution in [2.75, 3.05) is 52.5 Å². The van der Waals surface area contributed by atoms with E-state index in [4.69, 9.17) is 4.74 Å². The summed E-state index contributed by atoms with van der Waals surface area (Å²) in [6.07, 6.45) is 7.52. The molecular weight excluding hydrogens is 356 g/mol. The average Bonchev–Trinajstić information content (AvgIpc) is 2.74. The van der Waals surface area contributed by atoms with Crippen molar-refractivity contribution in [3.8, 4) is 0 Å². The number of piperidine rings is 1. The third-order valence-electron chi connectivity index (χ3n) is 5.54. The summed E-state index contributed by atoms with van der Waals surface area (Å²) in [5.41, 5.74) is 1.19. The minimum Gasteiger partial charge on any atom is -0.379 e. The Morgan fingerprint density at radius 3 is 2.89 bits per heavy atom. The lowest BCUT2D eigenvalue weighted by atomic mass is 9.96. The van der Waals surface area contributed by atoms with E-state index >= 15 is 0 Å². The maximum Gasteiger partial charge on any atom is 0.224 e. The first-order chi connectivity index (χ1) is 13.7. The van der Waals surface area contributed by atoms with Gasteiger partial charge in [0.1, 0.15) is 0 Å². The second-order valence-electron chi connectivity index (χ2n) is 7.64. The quantitative estimate of drug-likeness (QED) is 0.641. The Bertz CT molecular complexity index is 619. The summed E-state index contributed by atoms with van der Waals surface area (Å²) in [6.45, 7) is 6.47. The highest BCUT2D eigenvalue weighted by atomic mass is 16.5. The molecule has 2 amide bonds. The normalized spacial score (nSPS) is 20.9. The summed E-state index contributed by atoms with van der Waals surface area (Å²) in [4.78, 5) is 33.1. The predicted molar refractivity (Wildman–Crippen MR) is 107 cm³/mol. The van der Waals surface area contributed by atoms with Crippen molar-refractivity contribution in [3.63, 3.8) is 0 Å². The highest BCUT2D eigenvalue weighted by Crippen LogP contribution is 2.18. The van der Waals surface area contributed by atoms with E-state index in [1.165, 1.54) is 5.56 Å². The van der Waals surface area contributed by atoms with Gasteiger partial charge in [0, 0.05) is 58.1 Å². The third-order valence-corrected chi connectivity index (χ3v) is 5.54. The van der Waals surface area contributed by atoms with Gasteiger partial charge in [-0.25, -0.2) is 0 Å². The van der Waals surface area contributed by atoms with E-state index in [1.807, 2.05) is 17.2 Å². The van der Waals surface area contributed by atoms with E-state index in [-0.39, 0.29) is 17.7 Å². The van der Waals surface area contributed by atoms with Gasteiger partial charge in [-0.15, -0.1) is 0 Å². The Morgan fingerprint density at radius 2 is 2.11 bits per heavy atom. The van der Waals surface area contributed by atoms with Gasteiger partial charge >= 0.3 is 0 Å². The molecule has 154 valence electrons. The molecule has 28 heavy (non-hydrogen) atoms. The Labute approximate surface area is 167 Å². The van der Waals surface area contributed by atoms with Gasteiger partial charge in [0.05, 0.1) is 19.1 Å². The number of carbonyl (C=O) groups excluding carboxylic acids is 2. The fraction of sp³-hybridized carbons (Fsp3) is 0.667. The van der Waals surface area contributed by atoms with E-state index in [1.54, 1.807) is 6.20 Å². The summed E-state index contributed by atoms with van der Waals surface area (Å²) in [5.74, 6) is 0.180. The number of aromatic nitrogens is 1. The van der Waals surface area contributed by atoms with Crippen molar-refractivity contribution < 1.29 is 14.3 Å². The molecule has 1 N–H and O–H groups in total. The van der Waals surface area contributed by atoms with Crippen LogP contribution in [0.5, 0.6) is 0 Å². The van der Waals surface area contributed by atoms with Crippen LogP contribution in [0.3, 0.4) is 0 Å². The highest BCUT2D eigenvalue weighted by molar-refractivity contribution is 5.83. The molecule has 7 heteroatoms. The van der Waals surface area contributed by atoms with Crippen LogP contribution in [-0.2, 0) is 20.7 Å². The number of aryl methyl sites for hydroxylation is 1. The number of likely N-dealkylation sites (tertiary alicyclic amines) is 1. The fourth-order valence-electron chi connectivity index (χ4n) is 3.85. The monoisotopic (exact) mass is 388 g/mol. The van der Waals surface area contributed by atoms with Crippen LogP contribution in [0.2, 0.25) is 0 Å². The molecular formula is C21H32N4O3. The molecule has 0 radical (unpaired) electrons. The first-order valence-corrected chi connectivity index (χ1v) is 10.5. The second kappa shape index (κ2) is 11.1. The fourth-order valence-corrected chi connectivity index (χ4v) is 3.85. The standard InChI is InChI=1S/C21H32N4O3/c26-20-7-6-19(17-25(20)11-3-10-24-12-14-28-15-13-24)21(27)23-9-2-5-18-4-1-8-22-16-18/h1,4,8,16,19H,2-3,5-7,9-15,17H2,(H,23,27). The highest BCUT2D eigenvalue weighted by Gasteiger charge is 2.29. The molecule has 7 nitrogen and oxygen atoms in total. The van der Waals surface area contributed by atoms with Crippen molar-refractivity contribution in [1.82, 2.24) is 20.1 Å². The van der Waals surface area contributed by atoms with E-state index in [2.05, 4.69) is 21.3 Å². The Kier molecular flexibility index (Phi) is 8.23. The number of pyridine rings is 1. The second-order valence-corrected chi connectivity index (χ2v) is 7.64. The number of rotatable bonds is 9. The molecule has 0 aromatic carbocycles. The third kappa shape index (κ3) is 6.56. The van der Waals surface area contributed by atoms with Crippen LogP contribution < -0.4 is 5.32 Å². The topological polar surface area (TPSA) is 74.8 Å². The van der Waals surface area contributed by atoms with E-state index < -0.39 is 0 Å². The Morgan fingerprint density at radius 1 is 1.25 bits per heavy atom. The molecule has 0 spiro atoms. The van der Waals surface area contributed by atoms with Crippen LogP contribution in [0.4, 0.5) is 0 Å². The van der Waals surface area contributed by atoms with Crippen LogP contribution in [0.15, 0.2) is 24.5 Å². The summed E-state index contributed by atoms with van der Waals surface area (Å²) in [7, 11) is 0. The van der Waals surface area contributed by atoms with Gasteiger partial charge in [0.2, 0.25) is 11.8 Å². The summed E-state index contributed by atoms with van der Waals surface area (Å²) in [5, 5.41) is 3.05. The van der Waals surface area contributed by atoms with Crippen LogP contribution in [0.1, 0.15) is 31.2 Å². The number of morpholine rings is 1. The molecule has 2 saturated heterocycles. The van der Waals surface area contributed by atoms with Crippen LogP contribution in [0.25, 0.3) is 0 Å². The number of ether oxygens (including phenoxy) is 1. The molecule has 2 aliphatic rings. The molecule has 3 heterocycles. The SMILES string of the molecule is O=C(NCCCc1cccnc1)C1CCC(=O)N(CCCN2CCOCC2)C1. The van der Waals surface area contributed by atoms with Gasteiger partial charge in [-0.05, 0) is 37.3 Å². The van der Waals surface area contributed by atoms with E-state index in [9.17, 15) is 9.59 Å². The number of nitrogens with one attached hydrogen (secondary N) is 1. The van der Waals surface area contributed by atoms with E-state index in [0.29, 0.717) is 25.9 Å². The smallest absolute Gasteiger partial charge is 0.224 e. The van der Waals surface area contributed by atoms with Crippen molar-refractivity contribution in [3.05, 3.63) is 30.1 Å². The molecule has 0 aliphatic carbocycles. The van der Waals surface area contributed by atoms with Gasteiger partial charge in [0.15, 0.2) is 0 Å². The molecule has 2 aliphatic heterocycles. The number of hydrogen-bond acceptors (Lipinski definition) is 5. The lowest BCUT2D eigenvalue weighted by Crippen LogP contribution is -2.47. The van der Waals surface area contributed by atoms with Gasteiger partial charge in [0.25, 0.3) is 0 Å². The largest absolute Gasteiger partial charge is 0.379 e. The average molecular weight is 389 g/mol. The van der Waals surface area contributed by atoms with Gasteiger partial charge < -0.3 is 15.0 Å². The zero-order valence-electron chi connectivity index (χ0n) is 16.6. The van der Waals surface area contributed by atoms with Crippen molar-refractivity contribution in [2.45, 2.75) is 32.1 Å². The zero-order chi connectivity index (χ0) is 19.6. The minimum atomic E-state index is -0.0838. The van der Waals surface area contributed by atoms with Crippen molar-refractivity contribution in [2.24, 2.45) is 5.92 Å². The van der Waals surface area contributed by atoms with Gasteiger partial charge in [-0.3, -0.25) is 19.5 Å². The molecule has 1 unspecified atom stereocenters. The molecule has 2 fully saturated rings. The van der Waals surface area contributed by atoms with Crippen molar-refractivity contribution in [1.29, 1.82) is 0 Å². The molecule has 1 aromatic rings. The van der Waals surface area contributed by atoms with Crippen LogP contribution >= 0.6 is 0 Å². The number of amides is 2. The lowest BCUT2D eigenvalue weighted by molar-refractivity contribution is -0.138. The summed E-state index contributed by atoms with van der Waals surface area (Å²) < 4.78 is 5.37. The summed E-state index contributed by atoms with van der Waals surface area (Å²) >= 11 is 0. The lowest BCUT2D eigenvalue weighted by Gasteiger charge is -2.33. The maximum absolute atomic E-state index is 12.5. The first-order valence-electron chi connectivity index (χ1n) is 10.5. The number of carbonyl (C=O) groups is 2. The molecule has 3 rings (SSSR count). The molecule has 0 saturated carbocycles. The molecule has 0 bridgehead atoms. The number of nitrogens with zero attached hydrogens (tertiary/aromatic N) is 3.